The van der Waals surface area contributed by atoms with Gasteiger partial charge < -0.3 is 19.4 Å². The van der Waals surface area contributed by atoms with E-state index >= 15 is 0 Å². The van der Waals surface area contributed by atoms with Gasteiger partial charge in [0, 0.05) is 23.5 Å². The van der Waals surface area contributed by atoms with E-state index in [1.54, 1.807) is 16.7 Å². The molecule has 2 rings (SSSR count). The average Bonchev–Trinajstić information content (AvgIpc) is 3.05. The van der Waals surface area contributed by atoms with Crippen molar-refractivity contribution in [2.24, 2.45) is 0 Å². The van der Waals surface area contributed by atoms with Crippen molar-refractivity contribution >= 4 is 17.2 Å². The fraction of sp³-hybridized carbons (Fsp3) is 0.429. The van der Waals surface area contributed by atoms with E-state index in [0.717, 1.165) is 10.6 Å². The van der Waals surface area contributed by atoms with Crippen LogP contribution < -0.4 is 10.2 Å². The summed E-state index contributed by atoms with van der Waals surface area (Å²) in [7, 11) is 0. The van der Waals surface area contributed by atoms with E-state index in [4.69, 9.17) is 4.42 Å². The number of nitrogens with zero attached hydrogens (tertiary/aromatic N) is 1. The lowest BCUT2D eigenvalue weighted by Gasteiger charge is -2.10. The highest BCUT2D eigenvalue weighted by Crippen LogP contribution is 2.12. The van der Waals surface area contributed by atoms with Crippen LogP contribution in [0, 0.1) is 13.8 Å². The van der Waals surface area contributed by atoms with Crippen LogP contribution in [0.3, 0.4) is 0 Å². The Morgan fingerprint density at radius 1 is 1.52 bits per heavy atom. The standard InChI is InChI=1S/C14H18N2O4S/c1-9-10(2)21-14(19)16(9)6-5-13(18)15-8-11(17)12-4-3-7-20-12/h3-4,7,11,17H,5-6,8H2,1-2H3,(H,15,18). The lowest BCUT2D eigenvalue weighted by molar-refractivity contribution is -0.121. The number of hydrogen-bond acceptors (Lipinski definition) is 5. The van der Waals surface area contributed by atoms with Gasteiger partial charge in [-0.1, -0.05) is 11.3 Å². The lowest BCUT2D eigenvalue weighted by atomic mass is 10.2. The van der Waals surface area contributed by atoms with Gasteiger partial charge in [0.05, 0.1) is 12.8 Å². The predicted octanol–water partition coefficient (Wildman–Crippen LogP) is 1.36. The zero-order valence-electron chi connectivity index (χ0n) is 12.0. The summed E-state index contributed by atoms with van der Waals surface area (Å²) in [6.45, 7) is 4.18. The number of carbonyl (C=O) groups is 1. The van der Waals surface area contributed by atoms with E-state index in [-0.39, 0.29) is 23.7 Å². The van der Waals surface area contributed by atoms with Crippen molar-refractivity contribution in [3.63, 3.8) is 0 Å². The van der Waals surface area contributed by atoms with Gasteiger partial charge in [0.15, 0.2) is 0 Å². The number of rotatable bonds is 6. The van der Waals surface area contributed by atoms with Gasteiger partial charge in [0.2, 0.25) is 5.91 Å². The van der Waals surface area contributed by atoms with Crippen molar-refractivity contribution in [2.45, 2.75) is 32.9 Å². The Balaban J connectivity index is 1.81. The molecule has 21 heavy (non-hydrogen) atoms. The normalized spacial score (nSPS) is 12.3. The zero-order valence-corrected chi connectivity index (χ0v) is 12.8. The van der Waals surface area contributed by atoms with Crippen molar-refractivity contribution in [3.8, 4) is 0 Å². The first-order valence-corrected chi connectivity index (χ1v) is 7.45. The largest absolute Gasteiger partial charge is 0.467 e. The molecule has 0 aliphatic heterocycles. The number of carbonyl (C=O) groups excluding carboxylic acids is 1. The van der Waals surface area contributed by atoms with Crippen LogP contribution in [0.5, 0.6) is 0 Å². The number of nitrogens with one attached hydrogen (secondary N) is 1. The quantitative estimate of drug-likeness (QED) is 0.844. The molecule has 1 unspecified atom stereocenters. The van der Waals surface area contributed by atoms with Crippen molar-refractivity contribution in [3.05, 3.63) is 44.4 Å². The zero-order chi connectivity index (χ0) is 15.4. The second kappa shape index (κ2) is 6.73. The maximum absolute atomic E-state index is 11.8. The molecule has 0 saturated carbocycles. The molecular weight excluding hydrogens is 292 g/mol. The SMILES string of the molecule is Cc1sc(=O)n(CCC(=O)NCC(O)c2ccco2)c1C. The maximum Gasteiger partial charge on any atom is 0.307 e. The summed E-state index contributed by atoms with van der Waals surface area (Å²) < 4.78 is 6.65. The summed E-state index contributed by atoms with van der Waals surface area (Å²) in [6.07, 6.45) is 0.799. The van der Waals surface area contributed by atoms with Crippen molar-refractivity contribution < 1.29 is 14.3 Å². The van der Waals surface area contributed by atoms with Crippen LogP contribution in [0.4, 0.5) is 0 Å². The molecule has 2 N–H and O–H groups in total. The van der Waals surface area contributed by atoms with Gasteiger partial charge in [-0.3, -0.25) is 9.59 Å². The third-order valence-electron chi connectivity index (χ3n) is 3.30. The number of amides is 1. The van der Waals surface area contributed by atoms with Crippen LogP contribution in [0.25, 0.3) is 0 Å². The van der Waals surface area contributed by atoms with E-state index in [1.165, 1.54) is 17.6 Å². The Labute approximate surface area is 126 Å². The van der Waals surface area contributed by atoms with Gasteiger partial charge >= 0.3 is 4.87 Å². The Morgan fingerprint density at radius 2 is 2.29 bits per heavy atom. The third-order valence-corrected chi connectivity index (χ3v) is 4.30. The Morgan fingerprint density at radius 3 is 2.86 bits per heavy atom. The topological polar surface area (TPSA) is 84.5 Å². The van der Waals surface area contributed by atoms with Gasteiger partial charge in [-0.25, -0.2) is 0 Å². The lowest BCUT2D eigenvalue weighted by Crippen LogP contribution is -2.30. The second-order valence-corrected chi connectivity index (χ2v) is 5.91. The van der Waals surface area contributed by atoms with Gasteiger partial charge in [-0.15, -0.1) is 0 Å². The summed E-state index contributed by atoms with van der Waals surface area (Å²) in [5.41, 5.74) is 0.897. The molecule has 0 saturated heterocycles. The molecule has 114 valence electrons. The number of aromatic nitrogens is 1. The summed E-state index contributed by atoms with van der Waals surface area (Å²) in [6, 6.07) is 3.32. The Hall–Kier alpha value is -1.86. The molecule has 0 aromatic carbocycles. The third kappa shape index (κ3) is 3.83. The molecule has 0 spiro atoms. The number of aliphatic hydroxyl groups excluding tert-OH is 1. The molecule has 0 bridgehead atoms. The van der Waals surface area contributed by atoms with Crippen molar-refractivity contribution in [2.75, 3.05) is 6.54 Å². The molecule has 7 heteroatoms. The van der Waals surface area contributed by atoms with Crippen LogP contribution in [-0.2, 0) is 11.3 Å². The summed E-state index contributed by atoms with van der Waals surface area (Å²) >= 11 is 1.19. The molecule has 0 aliphatic rings. The van der Waals surface area contributed by atoms with Crippen molar-refractivity contribution in [1.82, 2.24) is 9.88 Å². The summed E-state index contributed by atoms with van der Waals surface area (Å²) in [4.78, 5) is 24.4. The number of aliphatic hydroxyl groups is 1. The molecular formula is C14H18N2O4S. The molecule has 1 amide bonds. The molecule has 6 nitrogen and oxygen atoms in total. The minimum Gasteiger partial charge on any atom is -0.467 e. The number of thiazole rings is 1. The van der Waals surface area contributed by atoms with Gasteiger partial charge in [-0.05, 0) is 26.0 Å². The Bertz CT molecular complexity index is 657. The molecule has 2 aromatic heterocycles. The van der Waals surface area contributed by atoms with Gasteiger partial charge in [0.25, 0.3) is 0 Å². The Kier molecular flexibility index (Phi) is 4.98. The fourth-order valence-corrected chi connectivity index (χ4v) is 2.80. The van der Waals surface area contributed by atoms with Crippen LogP contribution in [-0.4, -0.2) is 22.1 Å². The number of aryl methyl sites for hydroxylation is 1. The van der Waals surface area contributed by atoms with E-state index in [2.05, 4.69) is 5.32 Å². The smallest absolute Gasteiger partial charge is 0.307 e. The summed E-state index contributed by atoms with van der Waals surface area (Å²) in [5, 5.41) is 12.4. The van der Waals surface area contributed by atoms with E-state index in [0.29, 0.717) is 12.3 Å². The highest BCUT2D eigenvalue weighted by molar-refractivity contribution is 7.09. The molecule has 2 heterocycles. The first kappa shape index (κ1) is 15.5. The molecule has 0 fully saturated rings. The highest BCUT2D eigenvalue weighted by Gasteiger charge is 2.13. The number of furan rings is 1. The van der Waals surface area contributed by atoms with Crippen LogP contribution in [0.15, 0.2) is 27.6 Å². The second-order valence-electron chi connectivity index (χ2n) is 4.75. The van der Waals surface area contributed by atoms with E-state index < -0.39 is 6.10 Å². The molecule has 0 aliphatic carbocycles. The number of hydrogen-bond donors (Lipinski definition) is 2. The first-order chi connectivity index (χ1) is 9.99. The average molecular weight is 310 g/mol. The van der Waals surface area contributed by atoms with E-state index in [1.807, 2.05) is 13.8 Å². The minimum absolute atomic E-state index is 0.0478. The monoisotopic (exact) mass is 310 g/mol. The van der Waals surface area contributed by atoms with Crippen LogP contribution in [0.2, 0.25) is 0 Å². The predicted molar refractivity (Wildman–Crippen MR) is 79.3 cm³/mol. The van der Waals surface area contributed by atoms with Crippen molar-refractivity contribution in [1.29, 1.82) is 0 Å². The maximum atomic E-state index is 11.8. The summed E-state index contributed by atoms with van der Waals surface area (Å²) in [5.74, 6) is 0.201. The van der Waals surface area contributed by atoms with Crippen LogP contribution in [0.1, 0.15) is 28.9 Å². The molecule has 2 aromatic rings. The molecule has 0 radical (unpaired) electrons. The van der Waals surface area contributed by atoms with Gasteiger partial charge in [0.1, 0.15) is 11.9 Å². The fourth-order valence-electron chi connectivity index (χ4n) is 1.94. The minimum atomic E-state index is -0.864. The van der Waals surface area contributed by atoms with Crippen LogP contribution >= 0.6 is 11.3 Å². The van der Waals surface area contributed by atoms with E-state index in [9.17, 15) is 14.7 Å². The molecule has 1 atom stereocenters. The first-order valence-electron chi connectivity index (χ1n) is 6.64. The highest BCUT2D eigenvalue weighted by atomic mass is 32.1. The van der Waals surface area contributed by atoms with Gasteiger partial charge in [-0.2, -0.15) is 0 Å².